The van der Waals surface area contributed by atoms with Gasteiger partial charge in [0.2, 0.25) is 0 Å². The maximum absolute atomic E-state index is 5.88. The van der Waals surface area contributed by atoms with Crippen LogP contribution in [0, 0.1) is 12.3 Å². The van der Waals surface area contributed by atoms with E-state index < -0.39 is 5.79 Å². The van der Waals surface area contributed by atoms with Crippen LogP contribution in [0.4, 0.5) is 0 Å². The molecule has 2 aromatic heterocycles. The van der Waals surface area contributed by atoms with Crippen molar-refractivity contribution in [1.82, 2.24) is 9.97 Å². The number of halogens is 4. The van der Waals surface area contributed by atoms with Crippen LogP contribution in [-0.4, -0.2) is 9.97 Å². The molecule has 8 heteroatoms. The van der Waals surface area contributed by atoms with Gasteiger partial charge in [-0.25, -0.2) is 4.98 Å². The lowest BCUT2D eigenvalue weighted by molar-refractivity contribution is -0.0720. The molecule has 144 valence electrons. The first-order valence-electron chi connectivity index (χ1n) is 7.78. The summed E-state index contributed by atoms with van der Waals surface area (Å²) in [7, 11) is 0. The van der Waals surface area contributed by atoms with Gasteiger partial charge in [0.05, 0.1) is 14.5 Å². The van der Waals surface area contributed by atoms with Crippen LogP contribution in [0.15, 0.2) is 59.3 Å². The summed E-state index contributed by atoms with van der Waals surface area (Å²) in [6.45, 7) is 1.83. The third kappa shape index (κ3) is 5.29. The summed E-state index contributed by atoms with van der Waals surface area (Å²) in [6.07, 6.45) is 8.15. The maximum Gasteiger partial charge on any atom is 0.292 e. The van der Waals surface area contributed by atoms with Crippen molar-refractivity contribution < 1.29 is 33.5 Å². The molecule has 0 bridgehead atoms. The van der Waals surface area contributed by atoms with E-state index >= 15 is 0 Å². The topological polar surface area (TPSA) is 44.2 Å². The Hall–Kier alpha value is -1.53. The molecule has 1 unspecified atom stereocenters. The molecule has 1 aliphatic heterocycles. The minimum absolute atomic E-state index is 0. The molecule has 0 saturated heterocycles. The predicted octanol–water partition coefficient (Wildman–Crippen LogP) is 2.86. The van der Waals surface area contributed by atoms with Crippen molar-refractivity contribution in [2.24, 2.45) is 0 Å². The quantitative estimate of drug-likeness (QED) is 0.323. The lowest BCUT2D eigenvalue weighted by Crippen LogP contribution is -3.00. The van der Waals surface area contributed by atoms with Gasteiger partial charge < -0.3 is 33.5 Å². The summed E-state index contributed by atoms with van der Waals surface area (Å²) in [4.78, 5) is 8.08. The van der Waals surface area contributed by atoms with Crippen LogP contribution in [0.1, 0.15) is 18.3 Å². The molecule has 1 aliphatic rings. The largest absolute Gasteiger partial charge is 1.00 e. The second kappa shape index (κ2) is 9.79. The summed E-state index contributed by atoms with van der Waals surface area (Å²) in [5, 5.41) is 1.19. The molecule has 28 heavy (non-hydrogen) atoms. The fraction of sp³-hybridized carbons (Fsp3) is 0.100. The van der Waals surface area contributed by atoms with Gasteiger partial charge in [-0.1, -0.05) is 35.2 Å². The summed E-state index contributed by atoms with van der Waals surface area (Å²) in [5.74, 6) is 2.85. The monoisotopic (exact) mass is 589 g/mol. The standard InChI is InChI=1S/C13H9BrClNO2.C7H4ClN.HI/c1-13(11-6-5-8(15)7-16-11)17-10-4-2-3-9(14)12(10)18-13;1-2-7-4-3-6(8)5-9-7;/h2-7H,1H3;1,3-5H;1H/p-1. The Kier molecular flexibility index (Phi) is 7.96. The molecule has 0 aliphatic carbocycles. The molecule has 3 aromatic rings. The number of aromatic nitrogens is 2. The Morgan fingerprint density at radius 3 is 2.21 bits per heavy atom. The van der Waals surface area contributed by atoms with E-state index in [-0.39, 0.29) is 24.0 Å². The fourth-order valence-corrected chi connectivity index (χ4v) is 2.96. The van der Waals surface area contributed by atoms with Gasteiger partial charge in [0.1, 0.15) is 11.4 Å². The van der Waals surface area contributed by atoms with E-state index in [9.17, 15) is 0 Å². The SMILES string of the molecule is C#Cc1ccc(Cl)cn1.CC1(c2ccc(Cl)cn2)Oc2cccc(Br)c2O1.[I-]. The highest BCUT2D eigenvalue weighted by Gasteiger charge is 2.40. The first-order valence-corrected chi connectivity index (χ1v) is 9.33. The Morgan fingerprint density at radius 2 is 1.68 bits per heavy atom. The molecular formula is C20H13BrCl2IN2O2-. The maximum atomic E-state index is 5.88. The molecule has 4 rings (SSSR count). The Bertz CT molecular complexity index is 995. The van der Waals surface area contributed by atoms with Crippen molar-refractivity contribution in [3.8, 4) is 23.8 Å². The number of hydrogen-bond acceptors (Lipinski definition) is 4. The number of nitrogens with zero attached hydrogens (tertiary/aromatic N) is 2. The minimum Gasteiger partial charge on any atom is -1.00 e. The number of pyridine rings is 2. The van der Waals surface area contributed by atoms with Gasteiger partial charge in [-0.05, 0) is 52.3 Å². The highest BCUT2D eigenvalue weighted by molar-refractivity contribution is 9.10. The zero-order chi connectivity index (χ0) is 19.4. The molecule has 0 amide bonds. The van der Waals surface area contributed by atoms with Gasteiger partial charge >= 0.3 is 0 Å². The fourth-order valence-electron chi connectivity index (χ4n) is 2.30. The Balaban J connectivity index is 0.000000239. The molecule has 0 saturated carbocycles. The third-order valence-corrected chi connectivity index (χ3v) is 4.67. The molecule has 3 heterocycles. The van der Waals surface area contributed by atoms with E-state index in [2.05, 4.69) is 31.8 Å². The lowest BCUT2D eigenvalue weighted by Gasteiger charge is -2.22. The first kappa shape index (κ1) is 22.8. The average Bonchev–Trinajstić information content (AvgIpc) is 3.02. The second-order valence-corrected chi connectivity index (χ2v) is 7.31. The number of fused-ring (bicyclic) bond motifs is 1. The number of hydrogen-bond donors (Lipinski definition) is 0. The van der Waals surface area contributed by atoms with Gasteiger partial charge in [-0.3, -0.25) is 4.98 Å². The van der Waals surface area contributed by atoms with Crippen molar-refractivity contribution >= 4 is 39.1 Å². The van der Waals surface area contributed by atoms with Crippen LogP contribution in [0.3, 0.4) is 0 Å². The summed E-state index contributed by atoms with van der Waals surface area (Å²) < 4.78 is 12.6. The highest BCUT2D eigenvalue weighted by Crippen LogP contribution is 2.47. The van der Waals surface area contributed by atoms with Gasteiger partial charge in [0.15, 0.2) is 11.5 Å². The summed E-state index contributed by atoms with van der Waals surface area (Å²) >= 11 is 14.8. The molecule has 0 radical (unpaired) electrons. The predicted molar refractivity (Wildman–Crippen MR) is 109 cm³/mol. The van der Waals surface area contributed by atoms with Gasteiger partial charge in [0.25, 0.3) is 5.79 Å². The number of rotatable bonds is 1. The van der Waals surface area contributed by atoms with Crippen LogP contribution in [0.5, 0.6) is 11.5 Å². The lowest BCUT2D eigenvalue weighted by atomic mass is 10.2. The van der Waals surface area contributed by atoms with Crippen molar-refractivity contribution in [3.05, 3.63) is 80.8 Å². The van der Waals surface area contributed by atoms with Crippen molar-refractivity contribution in [2.75, 3.05) is 0 Å². The van der Waals surface area contributed by atoms with Crippen molar-refractivity contribution in [1.29, 1.82) is 0 Å². The van der Waals surface area contributed by atoms with Gasteiger partial charge in [0, 0.05) is 19.3 Å². The molecule has 0 N–H and O–H groups in total. The van der Waals surface area contributed by atoms with E-state index in [1.165, 1.54) is 6.20 Å². The third-order valence-electron chi connectivity index (χ3n) is 3.60. The molecule has 0 fully saturated rings. The number of terminal acetylenes is 1. The summed E-state index contributed by atoms with van der Waals surface area (Å²) in [6, 6.07) is 12.6. The van der Waals surface area contributed by atoms with E-state index in [4.69, 9.17) is 39.1 Å². The molecule has 4 nitrogen and oxygen atoms in total. The highest BCUT2D eigenvalue weighted by atomic mass is 127. The zero-order valence-corrected chi connectivity index (χ0v) is 19.8. The average molecular weight is 591 g/mol. The van der Waals surface area contributed by atoms with E-state index in [0.717, 1.165) is 4.47 Å². The normalized spacial score (nSPS) is 16.2. The first-order chi connectivity index (χ1) is 12.9. The molecule has 0 spiro atoms. The van der Waals surface area contributed by atoms with E-state index in [1.807, 2.05) is 25.1 Å². The Labute approximate surface area is 198 Å². The van der Waals surface area contributed by atoms with Crippen LogP contribution in [0.2, 0.25) is 10.0 Å². The number of para-hydroxylation sites is 1. The summed E-state index contributed by atoms with van der Waals surface area (Å²) in [5.41, 5.74) is 1.29. The smallest absolute Gasteiger partial charge is 0.292 e. The number of ether oxygens (including phenoxy) is 2. The zero-order valence-electron chi connectivity index (χ0n) is 14.5. The van der Waals surface area contributed by atoms with Crippen LogP contribution < -0.4 is 33.5 Å². The van der Waals surface area contributed by atoms with Crippen molar-refractivity contribution in [3.63, 3.8) is 0 Å². The van der Waals surface area contributed by atoms with Crippen molar-refractivity contribution in [2.45, 2.75) is 12.7 Å². The van der Waals surface area contributed by atoms with E-state index in [0.29, 0.717) is 32.9 Å². The molecule has 1 aromatic carbocycles. The Morgan fingerprint density at radius 1 is 1.00 bits per heavy atom. The van der Waals surface area contributed by atoms with Crippen LogP contribution in [-0.2, 0) is 5.79 Å². The van der Waals surface area contributed by atoms with E-state index in [1.54, 1.807) is 30.5 Å². The minimum atomic E-state index is -0.920. The van der Waals surface area contributed by atoms with Crippen LogP contribution >= 0.6 is 39.1 Å². The van der Waals surface area contributed by atoms with Crippen LogP contribution in [0.25, 0.3) is 0 Å². The second-order valence-electron chi connectivity index (χ2n) is 5.58. The molecule has 1 atom stereocenters. The number of benzene rings is 1. The van der Waals surface area contributed by atoms with Gasteiger partial charge in [-0.2, -0.15) is 0 Å². The van der Waals surface area contributed by atoms with Gasteiger partial charge in [-0.15, -0.1) is 6.42 Å². The molecular weight excluding hydrogens is 578 g/mol.